The van der Waals surface area contributed by atoms with Gasteiger partial charge in [0, 0.05) is 36.3 Å². The first kappa shape index (κ1) is 38.8. The van der Waals surface area contributed by atoms with Gasteiger partial charge >= 0.3 is 0 Å². The van der Waals surface area contributed by atoms with Crippen LogP contribution in [0, 0.1) is 11.8 Å². The van der Waals surface area contributed by atoms with Gasteiger partial charge in [0.1, 0.15) is 35.0 Å². The Labute approximate surface area is 325 Å². The van der Waals surface area contributed by atoms with E-state index < -0.39 is 51.2 Å². The molecule has 0 radical (unpaired) electrons. The maximum Gasteiger partial charge on any atom is 0.245 e. The van der Waals surface area contributed by atoms with Crippen LogP contribution in [0.5, 0.6) is 11.5 Å². The highest BCUT2D eigenvalue weighted by Gasteiger charge is 2.45. The second kappa shape index (κ2) is 16.3. The predicted octanol–water partition coefficient (Wildman–Crippen LogP) is 4.75. The Morgan fingerprint density at radius 1 is 1.05 bits per heavy atom. The monoisotopic (exact) mass is 785 g/mol. The van der Waals surface area contributed by atoms with Gasteiger partial charge in [-0.15, -0.1) is 0 Å². The number of hydrogen-bond donors (Lipinski definition) is 3. The van der Waals surface area contributed by atoms with E-state index in [2.05, 4.69) is 10.0 Å². The molecule has 2 aliphatic carbocycles. The topological polar surface area (TPSA) is 200 Å². The average Bonchev–Trinajstić information content (AvgIpc) is 4.10. The zero-order valence-electron chi connectivity index (χ0n) is 31.4. The van der Waals surface area contributed by atoms with Crippen LogP contribution in [0.3, 0.4) is 0 Å². The molecule has 7 rings (SSSR count). The summed E-state index contributed by atoms with van der Waals surface area (Å²) in [5.41, 5.74) is 9.00. The fourth-order valence-corrected chi connectivity index (χ4v) is 8.75. The van der Waals surface area contributed by atoms with E-state index in [1.807, 2.05) is 60.7 Å². The number of furan rings is 1. The number of nitrogens with zero attached hydrogens (tertiary/aromatic N) is 2. The summed E-state index contributed by atoms with van der Waals surface area (Å²) in [6, 6.07) is 15.0. The van der Waals surface area contributed by atoms with Gasteiger partial charge in [-0.2, -0.15) is 0 Å². The van der Waals surface area contributed by atoms with E-state index in [1.165, 1.54) is 11.8 Å². The molecule has 3 aliphatic rings. The third kappa shape index (κ3) is 8.83. The number of allylic oxidation sites excluding steroid dienone is 2. The van der Waals surface area contributed by atoms with Crippen LogP contribution in [0.1, 0.15) is 64.7 Å². The molecule has 2 aromatic carbocycles. The van der Waals surface area contributed by atoms with Crippen molar-refractivity contribution in [2.75, 3.05) is 13.7 Å². The number of benzene rings is 2. The highest BCUT2D eigenvalue weighted by Crippen LogP contribution is 2.41. The van der Waals surface area contributed by atoms with Gasteiger partial charge in [0.2, 0.25) is 33.7 Å². The lowest BCUT2D eigenvalue weighted by Gasteiger charge is -2.27. The number of amides is 4. The molecule has 2 aromatic heterocycles. The van der Waals surface area contributed by atoms with Gasteiger partial charge < -0.3 is 29.8 Å². The van der Waals surface area contributed by atoms with Gasteiger partial charge in [-0.25, -0.2) is 13.4 Å². The van der Waals surface area contributed by atoms with Gasteiger partial charge in [-0.05, 0) is 80.8 Å². The fraction of sp³-hybridized carbons (Fsp3) is 0.439. The Kier molecular flexibility index (Phi) is 11.3. The van der Waals surface area contributed by atoms with Crippen molar-refractivity contribution >= 4 is 55.7 Å². The zero-order valence-corrected chi connectivity index (χ0v) is 32.3. The smallest absolute Gasteiger partial charge is 0.245 e. The summed E-state index contributed by atoms with van der Waals surface area (Å²) in [4.78, 5) is 57.6. The molecule has 2 saturated carbocycles. The van der Waals surface area contributed by atoms with Gasteiger partial charge in [0.05, 0.1) is 24.6 Å². The van der Waals surface area contributed by atoms with Gasteiger partial charge in [0.15, 0.2) is 11.3 Å². The number of ether oxygens (including phenoxy) is 2. The van der Waals surface area contributed by atoms with Crippen molar-refractivity contribution < 1.29 is 41.5 Å². The molecule has 296 valence electrons. The first-order valence-corrected chi connectivity index (χ1v) is 20.7. The highest BCUT2D eigenvalue weighted by molar-refractivity contribution is 7.90. The summed E-state index contributed by atoms with van der Waals surface area (Å²) in [5.74, 6) is -1.01. The second-order valence-electron chi connectivity index (χ2n) is 14.9. The Morgan fingerprint density at radius 2 is 1.82 bits per heavy atom. The summed E-state index contributed by atoms with van der Waals surface area (Å²) in [7, 11) is -1.94. The van der Waals surface area contributed by atoms with Crippen molar-refractivity contribution in [2.45, 2.75) is 88.1 Å². The van der Waals surface area contributed by atoms with Crippen LogP contribution >= 0.6 is 0 Å². The number of fused-ring (bicyclic) bond motifs is 3. The number of para-hydroxylation sites is 1. The predicted molar refractivity (Wildman–Crippen MR) is 209 cm³/mol. The van der Waals surface area contributed by atoms with Gasteiger partial charge in [-0.1, -0.05) is 37.1 Å². The Hall–Kier alpha value is -5.44. The molecule has 0 unspecified atom stereocenters. The summed E-state index contributed by atoms with van der Waals surface area (Å²) in [6.45, 7) is 1.42. The number of carbonyl (C=O) groups excluding carboxylic acids is 4. The van der Waals surface area contributed by atoms with Crippen LogP contribution in [0.15, 0.2) is 71.2 Å². The molecule has 14 nitrogen and oxygen atoms in total. The molecule has 0 bridgehead atoms. The molecule has 3 heterocycles. The van der Waals surface area contributed by atoms with E-state index in [0.717, 1.165) is 30.2 Å². The van der Waals surface area contributed by atoms with Crippen LogP contribution in [0.4, 0.5) is 0 Å². The van der Waals surface area contributed by atoms with Crippen LogP contribution in [0.2, 0.25) is 0 Å². The van der Waals surface area contributed by atoms with Crippen molar-refractivity contribution in [2.24, 2.45) is 17.6 Å². The third-order valence-electron chi connectivity index (χ3n) is 10.7. The molecular formula is C41H47N5O9S. The lowest BCUT2D eigenvalue weighted by molar-refractivity contribution is -0.140. The number of hydrogen-bond acceptors (Lipinski definition) is 10. The van der Waals surface area contributed by atoms with E-state index >= 15 is 0 Å². The summed E-state index contributed by atoms with van der Waals surface area (Å²) in [5, 5.41) is 3.15. The summed E-state index contributed by atoms with van der Waals surface area (Å²) >= 11 is 0. The number of pyridine rings is 1. The van der Waals surface area contributed by atoms with Gasteiger partial charge in [0.25, 0.3) is 0 Å². The van der Waals surface area contributed by atoms with Crippen molar-refractivity contribution in [3.63, 3.8) is 0 Å². The molecule has 1 aliphatic heterocycles. The van der Waals surface area contributed by atoms with E-state index in [-0.39, 0.29) is 30.7 Å². The van der Waals surface area contributed by atoms with E-state index in [0.29, 0.717) is 66.0 Å². The minimum atomic E-state index is -3.54. The normalized spacial score (nSPS) is 21.3. The molecule has 4 amide bonds. The highest BCUT2D eigenvalue weighted by atomic mass is 32.2. The summed E-state index contributed by atoms with van der Waals surface area (Å²) < 4.78 is 44.4. The lowest BCUT2D eigenvalue weighted by Crippen LogP contribution is -2.52. The molecule has 56 heavy (non-hydrogen) atoms. The lowest BCUT2D eigenvalue weighted by atomic mass is 10.0. The minimum Gasteiger partial charge on any atom is -0.497 e. The number of primary amides is 1. The Balaban J connectivity index is 0.975. The van der Waals surface area contributed by atoms with Gasteiger partial charge in [-0.3, -0.25) is 23.9 Å². The van der Waals surface area contributed by atoms with Crippen LogP contribution in [-0.2, 0) is 29.2 Å². The Bertz CT molecular complexity index is 2270. The molecule has 5 atom stereocenters. The first-order valence-electron chi connectivity index (χ1n) is 19.1. The van der Waals surface area contributed by atoms with Crippen molar-refractivity contribution in [3.05, 3.63) is 66.7 Å². The number of methoxy groups -OCH3 is 1. The number of rotatable bonds is 17. The molecule has 0 spiro atoms. The number of nitrogens with one attached hydrogen (secondary N) is 2. The molecular weight excluding hydrogens is 739 g/mol. The maximum absolute atomic E-state index is 14.0. The standard InChI is InChI=1S/C41H47N5O9S/c1-24(47)43-32(12-7-5-3-4-6-10-26-20-31(26)40(49)45-56(51,52)29-18-19-29)41(50)46-23-28(21-34(46)39(42)48)54-36-22-33(25-14-16-27(53-2)17-15-25)44-37-30-11-8-9-13-35(30)55-38(36)37/h6,8-11,13-17,22,26,28-29,31-32,34H,3-5,7,12,18-21,23H2,1-2H3,(H2,42,48)(H,43,47)(H,45,49)/b10-6-/t26-,28-,31+,32+,34+/m1/s1. The van der Waals surface area contributed by atoms with E-state index in [4.69, 9.17) is 24.6 Å². The quantitative estimate of drug-likeness (QED) is 0.0992. The van der Waals surface area contributed by atoms with Crippen LogP contribution < -0.4 is 25.2 Å². The maximum atomic E-state index is 14.0. The molecule has 3 fully saturated rings. The zero-order chi connectivity index (χ0) is 39.6. The van der Waals surface area contributed by atoms with Crippen molar-refractivity contribution in [3.8, 4) is 22.8 Å². The SMILES string of the molecule is COc1ccc(-c2cc(O[C@@H]3C[C@@H](C(N)=O)N(C(=O)[C@H](CCCCC/C=C\[C@@H]4C[C@@H]4C(=O)NS(=O)(=O)C4CC4)NC(C)=O)C3)c3oc4ccccc4c3n2)cc1. The molecule has 4 aromatic rings. The van der Waals surface area contributed by atoms with E-state index in [1.54, 1.807) is 13.2 Å². The van der Waals surface area contributed by atoms with E-state index in [9.17, 15) is 27.6 Å². The number of carbonyl (C=O) groups is 4. The largest absolute Gasteiger partial charge is 0.497 e. The second-order valence-corrected chi connectivity index (χ2v) is 16.9. The molecule has 15 heteroatoms. The number of nitrogens with two attached hydrogens (primary N) is 1. The average molecular weight is 786 g/mol. The van der Waals surface area contributed by atoms with Crippen LogP contribution in [0.25, 0.3) is 33.3 Å². The van der Waals surface area contributed by atoms with Crippen molar-refractivity contribution in [1.82, 2.24) is 19.9 Å². The molecule has 1 saturated heterocycles. The minimum absolute atomic E-state index is 0.0384. The molecule has 4 N–H and O–H groups in total. The number of sulfonamides is 1. The summed E-state index contributed by atoms with van der Waals surface area (Å²) in [6.07, 6.45) is 8.73. The first-order chi connectivity index (χ1) is 26.9. The third-order valence-corrected chi connectivity index (χ3v) is 12.5. The number of unbranched alkanes of at least 4 members (excludes halogenated alkanes) is 3. The number of likely N-dealkylation sites (tertiary alicyclic amines) is 1. The Morgan fingerprint density at radius 3 is 2.54 bits per heavy atom. The van der Waals surface area contributed by atoms with Crippen LogP contribution in [-0.4, -0.2) is 79.0 Å². The number of aromatic nitrogens is 1. The fourth-order valence-electron chi connectivity index (χ4n) is 7.39. The van der Waals surface area contributed by atoms with Crippen molar-refractivity contribution in [1.29, 1.82) is 0 Å².